The van der Waals surface area contributed by atoms with Gasteiger partial charge in [0.15, 0.2) is 5.96 Å². The van der Waals surface area contributed by atoms with E-state index in [4.69, 9.17) is 15.2 Å². The van der Waals surface area contributed by atoms with Gasteiger partial charge in [0, 0.05) is 38.0 Å². The van der Waals surface area contributed by atoms with Crippen molar-refractivity contribution in [1.29, 1.82) is 0 Å². The molecule has 0 bridgehead atoms. The Balaban J connectivity index is 0.00000300. The fourth-order valence-electron chi connectivity index (χ4n) is 2.79. The molecular weight excluding hydrogens is 488 g/mol. The Kier molecular flexibility index (Phi) is 10.1. The van der Waals surface area contributed by atoms with Crippen LogP contribution in [-0.4, -0.2) is 55.2 Å². The first-order chi connectivity index (χ1) is 13.7. The number of aromatic nitrogens is 1. The summed E-state index contributed by atoms with van der Waals surface area (Å²) in [5.74, 6) is 0.870. The van der Waals surface area contributed by atoms with Gasteiger partial charge in [0.05, 0.1) is 19.8 Å². The second-order valence-electron chi connectivity index (χ2n) is 6.50. The van der Waals surface area contributed by atoms with Crippen molar-refractivity contribution in [1.82, 2.24) is 15.2 Å². The van der Waals surface area contributed by atoms with E-state index in [2.05, 4.69) is 20.2 Å². The first-order valence-electron chi connectivity index (χ1n) is 9.41. The number of nitrogens with two attached hydrogens (primary N) is 1. The van der Waals surface area contributed by atoms with Gasteiger partial charge in [-0.1, -0.05) is 12.1 Å². The molecule has 1 aromatic heterocycles. The third-order valence-corrected chi connectivity index (χ3v) is 4.31. The summed E-state index contributed by atoms with van der Waals surface area (Å²) in [6.07, 6.45) is 2.67. The average Bonchev–Trinajstić information content (AvgIpc) is 2.71. The smallest absolute Gasteiger partial charge is 0.219 e. The van der Waals surface area contributed by atoms with Gasteiger partial charge in [-0.25, -0.2) is 14.4 Å². The van der Waals surface area contributed by atoms with Gasteiger partial charge in [0.1, 0.15) is 11.6 Å². The van der Waals surface area contributed by atoms with Crippen molar-refractivity contribution in [2.75, 3.05) is 39.4 Å². The van der Waals surface area contributed by atoms with Crippen LogP contribution in [0.5, 0.6) is 11.6 Å². The van der Waals surface area contributed by atoms with Crippen LogP contribution in [0.3, 0.4) is 0 Å². The van der Waals surface area contributed by atoms with Crippen LogP contribution >= 0.6 is 24.0 Å². The minimum Gasteiger partial charge on any atom is -0.439 e. The Morgan fingerprint density at radius 2 is 2.10 bits per heavy atom. The summed E-state index contributed by atoms with van der Waals surface area (Å²) < 4.78 is 24.0. The minimum absolute atomic E-state index is 0. The van der Waals surface area contributed by atoms with E-state index < -0.39 is 0 Å². The van der Waals surface area contributed by atoms with Crippen LogP contribution in [0.2, 0.25) is 0 Å². The van der Waals surface area contributed by atoms with Gasteiger partial charge in [-0.3, -0.25) is 4.90 Å². The van der Waals surface area contributed by atoms with Gasteiger partial charge < -0.3 is 20.5 Å². The van der Waals surface area contributed by atoms with Gasteiger partial charge in [-0.2, -0.15) is 0 Å². The highest BCUT2D eigenvalue weighted by Gasteiger charge is 2.09. The number of ether oxygens (including phenoxy) is 2. The van der Waals surface area contributed by atoms with E-state index in [1.54, 1.807) is 24.4 Å². The predicted octanol–water partition coefficient (Wildman–Crippen LogP) is 2.76. The minimum atomic E-state index is -0.351. The molecular formula is C20H27FIN5O2. The number of hydrogen-bond acceptors (Lipinski definition) is 5. The Morgan fingerprint density at radius 3 is 2.83 bits per heavy atom. The summed E-state index contributed by atoms with van der Waals surface area (Å²) in [7, 11) is 0. The molecule has 0 aliphatic carbocycles. The van der Waals surface area contributed by atoms with Crippen LogP contribution in [0.1, 0.15) is 12.0 Å². The maximum Gasteiger partial charge on any atom is 0.219 e. The second-order valence-corrected chi connectivity index (χ2v) is 6.50. The van der Waals surface area contributed by atoms with Gasteiger partial charge in [-0.05, 0) is 30.7 Å². The molecule has 1 aromatic carbocycles. The van der Waals surface area contributed by atoms with E-state index in [0.29, 0.717) is 24.1 Å². The molecule has 0 radical (unpaired) electrons. The molecule has 0 spiro atoms. The number of morpholine rings is 1. The molecule has 0 atom stereocenters. The molecule has 1 aliphatic rings. The number of hydrogen-bond donors (Lipinski definition) is 2. The fourth-order valence-corrected chi connectivity index (χ4v) is 2.79. The van der Waals surface area contributed by atoms with Crippen molar-refractivity contribution in [3.05, 3.63) is 54.0 Å². The molecule has 158 valence electrons. The molecule has 9 heteroatoms. The summed E-state index contributed by atoms with van der Waals surface area (Å²) in [5, 5.41) is 3.13. The van der Waals surface area contributed by atoms with E-state index >= 15 is 0 Å². The molecule has 2 aromatic rings. The molecule has 0 amide bonds. The Hall–Kier alpha value is -1.98. The van der Waals surface area contributed by atoms with Gasteiger partial charge >= 0.3 is 0 Å². The fraction of sp³-hybridized carbons (Fsp3) is 0.400. The van der Waals surface area contributed by atoms with Crippen LogP contribution in [0, 0.1) is 5.82 Å². The summed E-state index contributed by atoms with van der Waals surface area (Å²) in [5.41, 5.74) is 6.82. The lowest BCUT2D eigenvalue weighted by Gasteiger charge is -2.26. The largest absolute Gasteiger partial charge is 0.439 e. The highest BCUT2D eigenvalue weighted by molar-refractivity contribution is 14.0. The van der Waals surface area contributed by atoms with Crippen LogP contribution in [0.25, 0.3) is 0 Å². The van der Waals surface area contributed by atoms with Crippen molar-refractivity contribution in [3.63, 3.8) is 0 Å². The number of halogens is 2. The first-order valence-corrected chi connectivity index (χ1v) is 9.41. The number of benzene rings is 1. The number of nitrogens with one attached hydrogen (secondary N) is 1. The average molecular weight is 515 g/mol. The Morgan fingerprint density at radius 1 is 1.28 bits per heavy atom. The lowest BCUT2D eigenvalue weighted by Crippen LogP contribution is -2.39. The quantitative estimate of drug-likeness (QED) is 0.244. The first kappa shape index (κ1) is 23.3. The lowest BCUT2D eigenvalue weighted by molar-refractivity contribution is 0.0376. The molecule has 3 rings (SSSR count). The van der Waals surface area contributed by atoms with Gasteiger partial charge in [-0.15, -0.1) is 24.0 Å². The number of aliphatic imine (C=N–C) groups is 1. The summed E-state index contributed by atoms with van der Waals surface area (Å²) >= 11 is 0. The number of rotatable bonds is 8. The zero-order valence-electron chi connectivity index (χ0n) is 16.2. The summed E-state index contributed by atoms with van der Waals surface area (Å²) in [4.78, 5) is 10.9. The number of guanidine groups is 1. The lowest BCUT2D eigenvalue weighted by atomic mass is 10.3. The van der Waals surface area contributed by atoms with Crippen LogP contribution in [0.15, 0.2) is 47.6 Å². The summed E-state index contributed by atoms with van der Waals surface area (Å²) in [6.45, 7) is 5.86. The highest BCUT2D eigenvalue weighted by atomic mass is 127. The molecule has 0 saturated carbocycles. The summed E-state index contributed by atoms with van der Waals surface area (Å²) in [6, 6.07) is 9.52. The molecule has 3 N–H and O–H groups in total. The maximum atomic E-state index is 13.2. The van der Waals surface area contributed by atoms with Crippen molar-refractivity contribution >= 4 is 29.9 Å². The molecule has 1 fully saturated rings. The highest BCUT2D eigenvalue weighted by Crippen LogP contribution is 2.20. The van der Waals surface area contributed by atoms with E-state index in [1.807, 2.05) is 6.07 Å². The van der Waals surface area contributed by atoms with Crippen LogP contribution in [0.4, 0.5) is 4.39 Å². The Labute approximate surface area is 187 Å². The van der Waals surface area contributed by atoms with Gasteiger partial charge in [0.2, 0.25) is 5.88 Å². The SMILES string of the molecule is I.NC(=NCc1ccc(Oc2cccc(F)c2)nc1)NCCCN1CCOCC1. The third-order valence-electron chi connectivity index (χ3n) is 4.31. The zero-order chi connectivity index (χ0) is 19.6. The van der Waals surface area contributed by atoms with E-state index in [1.165, 1.54) is 12.1 Å². The predicted molar refractivity (Wildman–Crippen MR) is 121 cm³/mol. The zero-order valence-corrected chi connectivity index (χ0v) is 18.6. The van der Waals surface area contributed by atoms with Crippen molar-refractivity contribution in [2.24, 2.45) is 10.7 Å². The second kappa shape index (κ2) is 12.6. The van der Waals surface area contributed by atoms with Crippen molar-refractivity contribution in [3.8, 4) is 11.6 Å². The molecule has 1 saturated heterocycles. The van der Waals surface area contributed by atoms with Crippen LogP contribution < -0.4 is 15.8 Å². The van der Waals surface area contributed by atoms with Crippen LogP contribution in [-0.2, 0) is 11.3 Å². The normalized spacial score (nSPS) is 14.9. The van der Waals surface area contributed by atoms with E-state index in [9.17, 15) is 4.39 Å². The monoisotopic (exact) mass is 515 g/mol. The molecule has 1 aliphatic heterocycles. The molecule has 7 nitrogen and oxygen atoms in total. The van der Waals surface area contributed by atoms with E-state index in [0.717, 1.165) is 51.4 Å². The number of pyridine rings is 1. The molecule has 2 heterocycles. The molecule has 0 unspecified atom stereocenters. The van der Waals surface area contributed by atoms with Crippen molar-refractivity contribution in [2.45, 2.75) is 13.0 Å². The third kappa shape index (κ3) is 8.50. The van der Waals surface area contributed by atoms with Gasteiger partial charge in [0.25, 0.3) is 0 Å². The van der Waals surface area contributed by atoms with E-state index in [-0.39, 0.29) is 29.8 Å². The Bertz CT molecular complexity index is 770. The number of nitrogens with zero attached hydrogens (tertiary/aromatic N) is 3. The molecule has 29 heavy (non-hydrogen) atoms. The topological polar surface area (TPSA) is 85.0 Å². The standard InChI is InChI=1S/C20H26FN5O2.HI/c21-17-3-1-4-18(13-17)28-19-6-5-16(14-24-19)15-25-20(22)23-7-2-8-26-9-11-27-12-10-26;/h1,3-6,13-14H,2,7-12,15H2,(H3,22,23,25);1H. The maximum absolute atomic E-state index is 13.2. The van der Waals surface area contributed by atoms with Crippen molar-refractivity contribution < 1.29 is 13.9 Å².